The van der Waals surface area contributed by atoms with E-state index in [0.29, 0.717) is 12.3 Å². The van der Waals surface area contributed by atoms with E-state index in [0.717, 1.165) is 43.8 Å². The van der Waals surface area contributed by atoms with E-state index in [1.165, 1.54) is 19.3 Å². The first-order chi connectivity index (χ1) is 9.65. The van der Waals surface area contributed by atoms with E-state index in [1.54, 1.807) is 0 Å². The van der Waals surface area contributed by atoms with Crippen LogP contribution < -0.4 is 0 Å². The molecule has 0 spiro atoms. The van der Waals surface area contributed by atoms with Crippen molar-refractivity contribution in [2.45, 2.75) is 64.2 Å². The highest BCUT2D eigenvalue weighted by Gasteiger charge is 2.36. The van der Waals surface area contributed by atoms with Crippen LogP contribution in [0.4, 0.5) is 0 Å². The van der Waals surface area contributed by atoms with Crippen LogP contribution in [0.15, 0.2) is 4.52 Å². The zero-order valence-corrected chi connectivity index (χ0v) is 11.8. The lowest BCUT2D eigenvalue weighted by Crippen LogP contribution is -2.29. The molecule has 5 nitrogen and oxygen atoms in total. The van der Waals surface area contributed by atoms with Crippen LogP contribution in [0.3, 0.4) is 0 Å². The predicted octanol–water partition coefficient (Wildman–Crippen LogP) is 2.99. The summed E-state index contributed by atoms with van der Waals surface area (Å²) in [6.07, 6.45) is 9.63. The van der Waals surface area contributed by atoms with Gasteiger partial charge in [0.15, 0.2) is 5.82 Å². The minimum absolute atomic E-state index is 0.173. The fourth-order valence-electron chi connectivity index (χ4n) is 3.38. The predicted molar refractivity (Wildman–Crippen MR) is 72.2 cm³/mol. The van der Waals surface area contributed by atoms with E-state index in [1.807, 2.05) is 0 Å². The summed E-state index contributed by atoms with van der Waals surface area (Å²) in [5.74, 6) is 1.44. The average molecular weight is 278 g/mol. The molecule has 0 aliphatic heterocycles. The molecule has 1 N–H and O–H groups in total. The number of carboxylic acids is 1. The zero-order valence-electron chi connectivity index (χ0n) is 11.8. The number of aromatic nitrogens is 2. The maximum Gasteiger partial charge on any atom is 0.303 e. The van der Waals surface area contributed by atoms with Crippen LogP contribution in [-0.2, 0) is 17.6 Å². The van der Waals surface area contributed by atoms with Gasteiger partial charge in [-0.3, -0.25) is 4.79 Å². The van der Waals surface area contributed by atoms with E-state index in [-0.39, 0.29) is 11.8 Å². The Bertz CT molecular complexity index is 473. The summed E-state index contributed by atoms with van der Waals surface area (Å²) in [5.41, 5.74) is -0.173. The smallest absolute Gasteiger partial charge is 0.303 e. The molecule has 3 rings (SSSR count). The van der Waals surface area contributed by atoms with Crippen molar-refractivity contribution < 1.29 is 14.4 Å². The van der Waals surface area contributed by atoms with Gasteiger partial charge >= 0.3 is 5.97 Å². The second-order valence-electron chi connectivity index (χ2n) is 6.56. The number of rotatable bonds is 6. The van der Waals surface area contributed by atoms with Crippen LogP contribution in [0.5, 0.6) is 0 Å². The third kappa shape index (κ3) is 3.38. The fraction of sp³-hybridized carbons (Fsp3) is 0.800. The first-order valence-electron chi connectivity index (χ1n) is 7.68. The molecule has 2 fully saturated rings. The van der Waals surface area contributed by atoms with Crippen LogP contribution in [0.2, 0.25) is 0 Å². The number of carbonyl (C=O) groups is 1. The van der Waals surface area contributed by atoms with Crippen molar-refractivity contribution in [3.63, 3.8) is 0 Å². The Hall–Kier alpha value is -1.39. The average Bonchev–Trinajstić information content (AvgIpc) is 3.09. The van der Waals surface area contributed by atoms with Gasteiger partial charge in [-0.15, -0.1) is 0 Å². The molecule has 2 aliphatic rings. The molecule has 110 valence electrons. The number of hydrogen-bond acceptors (Lipinski definition) is 4. The van der Waals surface area contributed by atoms with Crippen LogP contribution in [0.25, 0.3) is 0 Å². The number of nitrogens with zero attached hydrogens (tertiary/aromatic N) is 2. The Balaban J connectivity index is 1.67. The molecule has 0 atom stereocenters. The molecule has 0 unspecified atom stereocenters. The fourth-order valence-corrected chi connectivity index (χ4v) is 3.38. The van der Waals surface area contributed by atoms with Gasteiger partial charge in [0.25, 0.3) is 0 Å². The van der Waals surface area contributed by atoms with Crippen molar-refractivity contribution in [2.24, 2.45) is 11.3 Å². The van der Waals surface area contributed by atoms with Crippen LogP contribution in [0.1, 0.15) is 63.1 Å². The molecule has 2 saturated carbocycles. The lowest BCUT2D eigenvalue weighted by Gasteiger charge is -2.34. The Labute approximate surface area is 118 Å². The van der Waals surface area contributed by atoms with Crippen molar-refractivity contribution >= 4 is 5.97 Å². The summed E-state index contributed by atoms with van der Waals surface area (Å²) in [4.78, 5) is 15.6. The lowest BCUT2D eigenvalue weighted by atomic mass is 9.69. The summed E-state index contributed by atoms with van der Waals surface area (Å²) in [5, 5.41) is 13.2. The molecule has 5 heteroatoms. The van der Waals surface area contributed by atoms with Gasteiger partial charge in [-0.05, 0) is 37.0 Å². The Kier molecular flexibility index (Phi) is 3.76. The maximum atomic E-state index is 11.2. The molecular weight excluding hydrogens is 256 g/mol. The van der Waals surface area contributed by atoms with Gasteiger partial charge in [-0.2, -0.15) is 4.98 Å². The van der Waals surface area contributed by atoms with Gasteiger partial charge in [0.05, 0.1) is 6.42 Å². The second kappa shape index (κ2) is 5.54. The third-order valence-electron chi connectivity index (χ3n) is 4.64. The van der Waals surface area contributed by atoms with E-state index in [2.05, 4.69) is 10.1 Å². The molecule has 0 bridgehead atoms. The van der Waals surface area contributed by atoms with E-state index in [9.17, 15) is 9.90 Å². The van der Waals surface area contributed by atoms with Gasteiger partial charge in [0, 0.05) is 12.8 Å². The topological polar surface area (TPSA) is 76.2 Å². The van der Waals surface area contributed by atoms with Gasteiger partial charge < -0.3 is 9.63 Å². The Morgan fingerprint density at radius 3 is 2.70 bits per heavy atom. The zero-order chi connectivity index (χ0) is 14.0. The second-order valence-corrected chi connectivity index (χ2v) is 6.56. The minimum Gasteiger partial charge on any atom is -0.481 e. The van der Waals surface area contributed by atoms with Gasteiger partial charge in [0.1, 0.15) is 0 Å². The number of hydrogen-bond donors (Lipinski definition) is 1. The van der Waals surface area contributed by atoms with E-state index < -0.39 is 5.97 Å². The summed E-state index contributed by atoms with van der Waals surface area (Å²) in [7, 11) is 0. The van der Waals surface area contributed by atoms with E-state index >= 15 is 0 Å². The van der Waals surface area contributed by atoms with E-state index in [4.69, 9.17) is 4.52 Å². The molecular formula is C15H22N2O3. The van der Waals surface area contributed by atoms with Crippen molar-refractivity contribution in [1.82, 2.24) is 10.1 Å². The largest absolute Gasteiger partial charge is 0.481 e. The normalized spacial score (nSPS) is 21.8. The van der Waals surface area contributed by atoms with Crippen LogP contribution in [0, 0.1) is 11.3 Å². The first-order valence-corrected chi connectivity index (χ1v) is 7.68. The summed E-state index contributed by atoms with van der Waals surface area (Å²) < 4.78 is 5.35. The quantitative estimate of drug-likeness (QED) is 0.865. The molecule has 20 heavy (non-hydrogen) atoms. The Morgan fingerprint density at radius 2 is 2.05 bits per heavy atom. The molecule has 1 aromatic rings. The molecule has 2 aliphatic carbocycles. The lowest BCUT2D eigenvalue weighted by molar-refractivity contribution is -0.140. The number of carboxylic acid groups (broad SMARTS) is 1. The standard InChI is InChI=1S/C15H22N2O3/c18-14(19)10-15(6-2-1-3-7-15)9-13-16-12(17-20-13)8-11-4-5-11/h11H,1-10H2,(H,18,19). The Morgan fingerprint density at radius 1 is 1.30 bits per heavy atom. The highest BCUT2D eigenvalue weighted by Crippen LogP contribution is 2.42. The number of aliphatic carboxylic acids is 1. The maximum absolute atomic E-state index is 11.2. The van der Waals surface area contributed by atoms with Crippen LogP contribution >= 0.6 is 0 Å². The highest BCUT2D eigenvalue weighted by atomic mass is 16.5. The molecule has 0 saturated heterocycles. The summed E-state index contributed by atoms with van der Waals surface area (Å²) >= 11 is 0. The van der Waals surface area contributed by atoms with Crippen molar-refractivity contribution in [3.8, 4) is 0 Å². The van der Waals surface area contributed by atoms with Gasteiger partial charge in [-0.25, -0.2) is 0 Å². The molecule has 0 radical (unpaired) electrons. The first kappa shape index (κ1) is 13.6. The molecule has 0 aromatic carbocycles. The van der Waals surface area contributed by atoms with Gasteiger partial charge in [-0.1, -0.05) is 24.4 Å². The highest BCUT2D eigenvalue weighted by molar-refractivity contribution is 5.67. The molecule has 0 amide bonds. The third-order valence-corrected chi connectivity index (χ3v) is 4.64. The molecule has 1 aromatic heterocycles. The SMILES string of the molecule is O=C(O)CC1(Cc2nc(CC3CC3)no2)CCCCC1. The van der Waals surface area contributed by atoms with Crippen molar-refractivity contribution in [3.05, 3.63) is 11.7 Å². The minimum atomic E-state index is -0.718. The summed E-state index contributed by atoms with van der Waals surface area (Å²) in [6.45, 7) is 0. The monoisotopic (exact) mass is 278 g/mol. The van der Waals surface area contributed by atoms with Crippen molar-refractivity contribution in [2.75, 3.05) is 0 Å². The summed E-state index contributed by atoms with van der Waals surface area (Å²) in [6, 6.07) is 0. The van der Waals surface area contributed by atoms with Crippen LogP contribution in [-0.4, -0.2) is 21.2 Å². The van der Waals surface area contributed by atoms with Gasteiger partial charge in [0.2, 0.25) is 5.89 Å². The molecule has 1 heterocycles. The van der Waals surface area contributed by atoms with Crippen molar-refractivity contribution in [1.29, 1.82) is 0 Å².